The minimum Gasteiger partial charge on any atom is -0.283 e. The molecule has 0 spiro atoms. The molecule has 6 heteroatoms. The Bertz CT molecular complexity index is 811. The molecule has 0 aliphatic carbocycles. The van der Waals surface area contributed by atoms with Gasteiger partial charge in [0.15, 0.2) is 0 Å². The van der Waals surface area contributed by atoms with Gasteiger partial charge in [0.2, 0.25) is 10.0 Å². The summed E-state index contributed by atoms with van der Waals surface area (Å²) < 4.78 is 26.8. The van der Waals surface area contributed by atoms with Crippen LogP contribution in [0.25, 0.3) is 0 Å². The number of aryl methyl sites for hydroxylation is 1. The molecule has 21 heavy (non-hydrogen) atoms. The molecule has 4 nitrogen and oxygen atoms in total. The number of rotatable bonds is 4. The van der Waals surface area contributed by atoms with Gasteiger partial charge in [0.25, 0.3) is 0 Å². The Hall–Kier alpha value is -2.03. The first-order valence-corrected chi connectivity index (χ1v) is 8.19. The summed E-state index contributed by atoms with van der Waals surface area (Å²) in [4.78, 5) is 0. The van der Waals surface area contributed by atoms with Crippen LogP contribution in [0.4, 0.5) is 5.69 Å². The first kappa shape index (κ1) is 15.4. The maximum Gasteiger partial charge on any atom is 0.236 e. The molecular weight excluding hydrogens is 308 g/mol. The maximum atomic E-state index is 12.2. The zero-order valence-corrected chi connectivity index (χ0v) is 12.9. The highest BCUT2D eigenvalue weighted by Gasteiger charge is 2.14. The molecule has 0 atom stereocenters. The number of nitrogens with zero attached hydrogens (tertiary/aromatic N) is 1. The van der Waals surface area contributed by atoms with Gasteiger partial charge in [-0.3, -0.25) is 4.72 Å². The van der Waals surface area contributed by atoms with Crippen LogP contribution in [0.1, 0.15) is 16.7 Å². The third-order valence-corrected chi connectivity index (χ3v) is 4.57. The second-order valence-corrected chi connectivity index (χ2v) is 6.72. The SMILES string of the molecule is Cc1ccc(NS(=O)(=O)Cc2ccccc2C#N)cc1Cl. The van der Waals surface area contributed by atoms with E-state index in [1.807, 2.05) is 13.0 Å². The van der Waals surface area contributed by atoms with Crippen LogP contribution < -0.4 is 4.72 Å². The van der Waals surface area contributed by atoms with Crippen molar-refractivity contribution < 1.29 is 8.42 Å². The van der Waals surface area contributed by atoms with Gasteiger partial charge in [-0.1, -0.05) is 35.9 Å². The van der Waals surface area contributed by atoms with Gasteiger partial charge in [0, 0.05) is 10.7 Å². The zero-order valence-electron chi connectivity index (χ0n) is 11.3. The quantitative estimate of drug-likeness (QED) is 0.937. The molecule has 2 rings (SSSR count). The Labute approximate surface area is 129 Å². The Morgan fingerprint density at radius 2 is 1.95 bits per heavy atom. The summed E-state index contributed by atoms with van der Waals surface area (Å²) in [5, 5.41) is 9.48. The average molecular weight is 321 g/mol. The van der Waals surface area contributed by atoms with Crippen molar-refractivity contribution in [2.45, 2.75) is 12.7 Å². The first-order chi connectivity index (χ1) is 9.91. The fourth-order valence-electron chi connectivity index (χ4n) is 1.83. The lowest BCUT2D eigenvalue weighted by atomic mass is 10.1. The van der Waals surface area contributed by atoms with Crippen LogP contribution in [0.3, 0.4) is 0 Å². The van der Waals surface area contributed by atoms with E-state index in [4.69, 9.17) is 16.9 Å². The van der Waals surface area contributed by atoms with Gasteiger partial charge >= 0.3 is 0 Å². The third kappa shape index (κ3) is 3.97. The van der Waals surface area contributed by atoms with Gasteiger partial charge in [-0.15, -0.1) is 0 Å². The summed E-state index contributed by atoms with van der Waals surface area (Å²) in [5.41, 5.74) is 2.09. The van der Waals surface area contributed by atoms with E-state index in [-0.39, 0.29) is 5.75 Å². The third-order valence-electron chi connectivity index (χ3n) is 2.93. The molecule has 0 saturated heterocycles. The Balaban J connectivity index is 2.23. The fraction of sp³-hybridized carbons (Fsp3) is 0.133. The predicted octanol–water partition coefficient (Wildman–Crippen LogP) is 3.46. The summed E-state index contributed by atoms with van der Waals surface area (Å²) in [5.74, 6) is -0.262. The van der Waals surface area contributed by atoms with Crippen molar-refractivity contribution in [2.75, 3.05) is 4.72 Å². The smallest absolute Gasteiger partial charge is 0.236 e. The van der Waals surface area contributed by atoms with Gasteiger partial charge in [-0.05, 0) is 36.2 Å². The monoisotopic (exact) mass is 320 g/mol. The topological polar surface area (TPSA) is 70.0 Å². The Kier molecular flexibility index (Phi) is 4.51. The van der Waals surface area contributed by atoms with Crippen molar-refractivity contribution in [3.8, 4) is 6.07 Å². The summed E-state index contributed by atoms with van der Waals surface area (Å²) in [6, 6.07) is 13.5. The number of hydrogen-bond acceptors (Lipinski definition) is 3. The summed E-state index contributed by atoms with van der Waals surface area (Å²) >= 11 is 5.97. The zero-order chi connectivity index (χ0) is 15.5. The highest BCUT2D eigenvalue weighted by molar-refractivity contribution is 7.91. The molecule has 0 bridgehead atoms. The summed E-state index contributed by atoms with van der Waals surface area (Å²) in [6.45, 7) is 1.84. The van der Waals surface area contributed by atoms with Crippen molar-refractivity contribution in [1.29, 1.82) is 5.26 Å². The maximum absolute atomic E-state index is 12.2. The van der Waals surface area contributed by atoms with Crippen LogP contribution in [0, 0.1) is 18.3 Å². The largest absolute Gasteiger partial charge is 0.283 e. The minimum atomic E-state index is -3.61. The lowest BCUT2D eigenvalue weighted by Gasteiger charge is -2.10. The van der Waals surface area contributed by atoms with E-state index in [1.54, 1.807) is 42.5 Å². The van der Waals surface area contributed by atoms with Gasteiger partial charge < -0.3 is 0 Å². The number of hydrogen-bond donors (Lipinski definition) is 1. The molecule has 108 valence electrons. The lowest BCUT2D eigenvalue weighted by Crippen LogP contribution is -2.15. The van der Waals surface area contributed by atoms with Gasteiger partial charge in [0.05, 0.1) is 17.4 Å². The second-order valence-electron chi connectivity index (χ2n) is 4.59. The highest BCUT2D eigenvalue weighted by Crippen LogP contribution is 2.22. The number of sulfonamides is 1. The molecule has 0 aliphatic rings. The number of nitrogens with one attached hydrogen (secondary N) is 1. The molecule has 0 saturated carbocycles. The fourth-order valence-corrected chi connectivity index (χ4v) is 3.23. The molecule has 0 aromatic heterocycles. The lowest BCUT2D eigenvalue weighted by molar-refractivity contribution is 0.600. The number of halogens is 1. The molecule has 0 heterocycles. The van der Waals surface area contributed by atoms with Gasteiger partial charge in [-0.25, -0.2) is 8.42 Å². The molecular formula is C15H13ClN2O2S. The van der Waals surface area contributed by atoms with E-state index < -0.39 is 10.0 Å². The second kappa shape index (κ2) is 6.17. The molecule has 1 N–H and O–H groups in total. The van der Waals surface area contributed by atoms with E-state index in [9.17, 15) is 8.42 Å². The summed E-state index contributed by atoms with van der Waals surface area (Å²) in [7, 11) is -3.61. The Morgan fingerprint density at radius 3 is 2.62 bits per heavy atom. The Morgan fingerprint density at radius 1 is 1.24 bits per heavy atom. The van der Waals surface area contributed by atoms with Crippen molar-refractivity contribution in [3.05, 3.63) is 64.2 Å². The van der Waals surface area contributed by atoms with E-state index in [1.165, 1.54) is 0 Å². The summed E-state index contributed by atoms with van der Waals surface area (Å²) in [6.07, 6.45) is 0. The van der Waals surface area contributed by atoms with E-state index in [0.29, 0.717) is 21.8 Å². The molecule has 2 aromatic carbocycles. The van der Waals surface area contributed by atoms with Gasteiger partial charge in [-0.2, -0.15) is 5.26 Å². The predicted molar refractivity (Wildman–Crippen MR) is 83.6 cm³/mol. The highest BCUT2D eigenvalue weighted by atomic mass is 35.5. The van der Waals surface area contributed by atoms with E-state index in [0.717, 1.165) is 5.56 Å². The van der Waals surface area contributed by atoms with E-state index >= 15 is 0 Å². The number of benzene rings is 2. The standard InChI is InChI=1S/C15H13ClN2O2S/c1-11-6-7-14(8-15(11)16)18-21(19,20)10-13-5-3-2-4-12(13)9-17/h2-8,18H,10H2,1H3. The first-order valence-electron chi connectivity index (χ1n) is 6.16. The van der Waals surface area contributed by atoms with Crippen molar-refractivity contribution in [2.24, 2.45) is 0 Å². The molecule has 0 unspecified atom stereocenters. The molecule has 0 amide bonds. The molecule has 0 radical (unpaired) electrons. The minimum absolute atomic E-state index is 0.262. The molecule has 0 fully saturated rings. The van der Waals surface area contributed by atoms with Crippen LogP contribution in [-0.4, -0.2) is 8.42 Å². The van der Waals surface area contributed by atoms with Crippen LogP contribution in [0.2, 0.25) is 5.02 Å². The average Bonchev–Trinajstić information content (AvgIpc) is 2.43. The normalized spacial score (nSPS) is 10.9. The molecule has 0 aliphatic heterocycles. The molecule has 2 aromatic rings. The van der Waals surface area contributed by atoms with Crippen LogP contribution in [-0.2, 0) is 15.8 Å². The van der Waals surface area contributed by atoms with Gasteiger partial charge in [0.1, 0.15) is 0 Å². The number of nitriles is 1. The number of anilines is 1. The van der Waals surface area contributed by atoms with E-state index in [2.05, 4.69) is 4.72 Å². The van der Waals surface area contributed by atoms with Crippen molar-refractivity contribution in [1.82, 2.24) is 0 Å². The van der Waals surface area contributed by atoms with Crippen molar-refractivity contribution >= 4 is 27.3 Å². The van der Waals surface area contributed by atoms with Crippen LogP contribution >= 0.6 is 11.6 Å². The van der Waals surface area contributed by atoms with Crippen LogP contribution in [0.5, 0.6) is 0 Å². The van der Waals surface area contributed by atoms with Crippen molar-refractivity contribution in [3.63, 3.8) is 0 Å². The van der Waals surface area contributed by atoms with Crippen LogP contribution in [0.15, 0.2) is 42.5 Å².